The van der Waals surface area contributed by atoms with E-state index in [-0.39, 0.29) is 30.3 Å². The summed E-state index contributed by atoms with van der Waals surface area (Å²) in [6.45, 7) is 13.8. The van der Waals surface area contributed by atoms with Gasteiger partial charge in [0.25, 0.3) is 0 Å². The molecular weight excluding hydrogens is 416 g/mol. The maximum atomic E-state index is 12.4. The molecule has 0 saturated carbocycles. The van der Waals surface area contributed by atoms with Gasteiger partial charge in [-0.3, -0.25) is 14.5 Å². The van der Waals surface area contributed by atoms with E-state index in [4.69, 9.17) is 19.0 Å². The number of amides is 2. The molecule has 0 bridgehead atoms. The van der Waals surface area contributed by atoms with Crippen LogP contribution >= 0.6 is 0 Å². The zero-order valence-electron chi connectivity index (χ0n) is 21.1. The van der Waals surface area contributed by atoms with E-state index in [1.165, 1.54) is 13.5 Å². The first kappa shape index (κ1) is 32.4. The number of nitrogens with one attached hydrogen (secondary N) is 2. The van der Waals surface area contributed by atoms with Gasteiger partial charge in [-0.15, -0.1) is 0 Å². The van der Waals surface area contributed by atoms with Gasteiger partial charge in [-0.25, -0.2) is 0 Å². The Labute approximate surface area is 194 Å². The van der Waals surface area contributed by atoms with Crippen molar-refractivity contribution in [3.63, 3.8) is 0 Å². The van der Waals surface area contributed by atoms with Crippen LogP contribution in [0.3, 0.4) is 0 Å². The second-order valence-corrected chi connectivity index (χ2v) is 7.30. The molecule has 0 aromatic heterocycles. The van der Waals surface area contributed by atoms with Crippen molar-refractivity contribution < 1.29 is 28.6 Å². The topological polar surface area (TPSA) is 111 Å². The maximum Gasteiger partial charge on any atom is 0.239 e. The molecule has 0 heterocycles. The van der Waals surface area contributed by atoms with Crippen LogP contribution in [-0.4, -0.2) is 102 Å². The summed E-state index contributed by atoms with van der Waals surface area (Å²) in [5.41, 5.74) is 0. The van der Waals surface area contributed by atoms with Gasteiger partial charge in [-0.1, -0.05) is 39.3 Å². The van der Waals surface area contributed by atoms with Gasteiger partial charge in [0.1, 0.15) is 6.61 Å². The molecule has 0 aliphatic rings. The van der Waals surface area contributed by atoms with Crippen LogP contribution in [0.1, 0.15) is 41.0 Å². The van der Waals surface area contributed by atoms with Crippen LogP contribution < -0.4 is 10.6 Å². The molecule has 0 radical (unpaired) electrons. The van der Waals surface area contributed by atoms with Crippen LogP contribution in [0, 0.1) is 5.92 Å². The molecule has 0 aliphatic carbocycles. The van der Waals surface area contributed by atoms with Gasteiger partial charge in [0.05, 0.1) is 52.2 Å². The van der Waals surface area contributed by atoms with Crippen molar-refractivity contribution in [1.29, 1.82) is 0 Å². The standard InChI is InChI=1S/C19H38N4O6.C3H8/c1-6-22-29-14-13-28-12-11-27-10-9-26-8-7-23(5)18(16(2)3)19(25)21-15-17(24)20-4;1-3-2/h6,16,18H,7-15H2,1-5H3,(H,20,24)(H,21,25);3H2,1-2H3/b22-6+;. The molecular formula is C22H46N4O6. The number of nitrogens with zero attached hydrogens (tertiary/aromatic N) is 2. The number of carbonyl (C=O) groups excluding carboxylic acids is 2. The Morgan fingerprint density at radius 2 is 1.47 bits per heavy atom. The van der Waals surface area contributed by atoms with E-state index in [0.717, 1.165) is 0 Å². The monoisotopic (exact) mass is 462 g/mol. The molecule has 0 rings (SSSR count). The number of hydrogen-bond acceptors (Lipinski definition) is 8. The van der Waals surface area contributed by atoms with Crippen LogP contribution in [-0.2, 0) is 28.6 Å². The second-order valence-electron chi connectivity index (χ2n) is 7.30. The van der Waals surface area contributed by atoms with Gasteiger partial charge >= 0.3 is 0 Å². The average Bonchev–Trinajstić information content (AvgIpc) is 2.75. The summed E-state index contributed by atoms with van der Waals surface area (Å²) >= 11 is 0. The average molecular weight is 463 g/mol. The van der Waals surface area contributed by atoms with Crippen LogP contribution in [0.2, 0.25) is 0 Å². The predicted octanol–water partition coefficient (Wildman–Crippen LogP) is 1.29. The fraction of sp³-hybridized carbons (Fsp3) is 0.864. The fourth-order valence-corrected chi connectivity index (χ4v) is 2.49. The quantitative estimate of drug-likeness (QED) is 0.179. The summed E-state index contributed by atoms with van der Waals surface area (Å²) in [5.74, 6) is -0.287. The molecule has 0 saturated heterocycles. The van der Waals surface area contributed by atoms with E-state index in [9.17, 15) is 9.59 Å². The van der Waals surface area contributed by atoms with E-state index < -0.39 is 0 Å². The normalized spacial score (nSPS) is 11.9. The van der Waals surface area contributed by atoms with Crippen molar-refractivity contribution in [2.24, 2.45) is 11.1 Å². The lowest BCUT2D eigenvalue weighted by atomic mass is 10.0. The van der Waals surface area contributed by atoms with Crippen molar-refractivity contribution in [2.75, 3.05) is 73.4 Å². The molecule has 10 nitrogen and oxygen atoms in total. The van der Waals surface area contributed by atoms with Crippen molar-refractivity contribution in [3.8, 4) is 0 Å². The van der Waals surface area contributed by atoms with Crippen molar-refractivity contribution >= 4 is 18.0 Å². The SMILES string of the molecule is C/C=N/OCCOCCOCCOCCN(C)C(C(=O)NCC(=O)NC)C(C)C.CCC. The lowest BCUT2D eigenvalue weighted by Gasteiger charge is -2.29. The fourth-order valence-electron chi connectivity index (χ4n) is 2.49. The third kappa shape index (κ3) is 20.2. The molecule has 0 aliphatic heterocycles. The molecule has 0 aromatic rings. The minimum atomic E-state index is -0.330. The Hall–Kier alpha value is -1.75. The zero-order valence-corrected chi connectivity index (χ0v) is 21.1. The smallest absolute Gasteiger partial charge is 0.239 e. The van der Waals surface area contributed by atoms with Gasteiger partial charge in [0.2, 0.25) is 11.8 Å². The van der Waals surface area contributed by atoms with Crippen molar-refractivity contribution in [1.82, 2.24) is 15.5 Å². The molecule has 2 amide bonds. The highest BCUT2D eigenvalue weighted by Gasteiger charge is 2.26. The van der Waals surface area contributed by atoms with Crippen LogP contribution in [0.5, 0.6) is 0 Å². The third-order valence-electron chi connectivity index (χ3n) is 3.91. The Balaban J connectivity index is 0. The van der Waals surface area contributed by atoms with E-state index in [1.807, 2.05) is 25.8 Å². The Kier molecular flexibility index (Phi) is 24.2. The lowest BCUT2D eigenvalue weighted by Crippen LogP contribution is -2.50. The number of ether oxygens (including phenoxy) is 3. The van der Waals surface area contributed by atoms with Crippen LogP contribution in [0.25, 0.3) is 0 Å². The molecule has 190 valence electrons. The molecule has 10 heteroatoms. The van der Waals surface area contributed by atoms with Gasteiger partial charge in [-0.05, 0) is 19.9 Å². The molecule has 1 unspecified atom stereocenters. The molecule has 0 aromatic carbocycles. The summed E-state index contributed by atoms with van der Waals surface area (Å²) in [5, 5.41) is 8.76. The first-order valence-electron chi connectivity index (χ1n) is 11.4. The number of rotatable bonds is 18. The summed E-state index contributed by atoms with van der Waals surface area (Å²) in [4.78, 5) is 30.5. The molecule has 2 N–H and O–H groups in total. The van der Waals surface area contributed by atoms with E-state index in [2.05, 4.69) is 29.6 Å². The van der Waals surface area contributed by atoms with Gasteiger partial charge < -0.3 is 29.7 Å². The minimum absolute atomic E-state index is 0.0242. The van der Waals surface area contributed by atoms with Crippen molar-refractivity contribution in [3.05, 3.63) is 0 Å². The summed E-state index contributed by atoms with van der Waals surface area (Å²) in [6.07, 6.45) is 2.83. The summed E-state index contributed by atoms with van der Waals surface area (Å²) in [7, 11) is 3.41. The first-order chi connectivity index (χ1) is 15.3. The Bertz CT molecular complexity index is 477. The van der Waals surface area contributed by atoms with E-state index in [1.54, 1.807) is 13.1 Å². The molecule has 0 spiro atoms. The summed E-state index contributed by atoms with van der Waals surface area (Å²) < 4.78 is 16.3. The van der Waals surface area contributed by atoms with Crippen LogP contribution in [0.15, 0.2) is 5.16 Å². The number of carbonyl (C=O) groups is 2. The third-order valence-corrected chi connectivity index (χ3v) is 3.91. The molecule has 0 fully saturated rings. The summed E-state index contributed by atoms with van der Waals surface area (Å²) in [6, 6.07) is -0.330. The number of oxime groups is 1. The van der Waals surface area contributed by atoms with Gasteiger partial charge in [0, 0.05) is 19.8 Å². The Morgan fingerprint density at radius 3 is 1.94 bits per heavy atom. The zero-order chi connectivity index (χ0) is 24.6. The van der Waals surface area contributed by atoms with E-state index >= 15 is 0 Å². The minimum Gasteiger partial charge on any atom is -0.394 e. The highest BCUT2D eigenvalue weighted by Crippen LogP contribution is 2.09. The van der Waals surface area contributed by atoms with Crippen molar-refractivity contribution in [2.45, 2.75) is 47.1 Å². The number of likely N-dealkylation sites (N-methyl/N-ethyl adjacent to an activating group) is 2. The highest BCUT2D eigenvalue weighted by atomic mass is 16.6. The highest BCUT2D eigenvalue weighted by molar-refractivity contribution is 5.87. The number of hydrogen-bond donors (Lipinski definition) is 2. The molecule has 1 atom stereocenters. The van der Waals surface area contributed by atoms with Gasteiger partial charge in [0.15, 0.2) is 0 Å². The van der Waals surface area contributed by atoms with Gasteiger partial charge in [-0.2, -0.15) is 0 Å². The van der Waals surface area contributed by atoms with E-state index in [0.29, 0.717) is 52.8 Å². The lowest BCUT2D eigenvalue weighted by molar-refractivity contribution is -0.130. The Morgan fingerprint density at radius 1 is 0.969 bits per heavy atom. The first-order valence-corrected chi connectivity index (χ1v) is 11.4. The predicted molar refractivity (Wildman–Crippen MR) is 127 cm³/mol. The second kappa shape index (κ2) is 23.9. The largest absolute Gasteiger partial charge is 0.394 e. The maximum absolute atomic E-state index is 12.4. The van der Waals surface area contributed by atoms with Crippen LogP contribution in [0.4, 0.5) is 0 Å². The molecule has 32 heavy (non-hydrogen) atoms.